The number of rotatable bonds is 3. The van der Waals surface area contributed by atoms with Gasteiger partial charge in [0.05, 0.1) is 27.5 Å². The third-order valence-electron chi connectivity index (χ3n) is 4.42. The summed E-state index contributed by atoms with van der Waals surface area (Å²) in [6, 6.07) is 7.80. The minimum Gasteiger partial charge on any atom is -0.298 e. The van der Waals surface area contributed by atoms with E-state index >= 15 is 0 Å². The van der Waals surface area contributed by atoms with E-state index in [0.29, 0.717) is 10.7 Å². The van der Waals surface area contributed by atoms with E-state index in [2.05, 4.69) is 15.3 Å². The summed E-state index contributed by atoms with van der Waals surface area (Å²) in [5.41, 5.74) is 3.41. The number of nitrogens with zero attached hydrogens (tertiary/aromatic N) is 2. The zero-order valence-corrected chi connectivity index (χ0v) is 15.7. The predicted molar refractivity (Wildman–Crippen MR) is 104 cm³/mol. The molecule has 3 aromatic heterocycles. The zero-order chi connectivity index (χ0) is 17.2. The summed E-state index contributed by atoms with van der Waals surface area (Å²) in [6.07, 6.45) is 5.79. The Kier molecular flexibility index (Phi) is 4.63. The summed E-state index contributed by atoms with van der Waals surface area (Å²) in [6.45, 7) is 1.88. The second-order valence-electron chi connectivity index (χ2n) is 6.21. The first-order valence-corrected chi connectivity index (χ1v) is 10.2. The van der Waals surface area contributed by atoms with Gasteiger partial charge in [-0.1, -0.05) is 12.5 Å². The molecule has 0 atom stereocenters. The molecule has 3 aromatic rings. The average Bonchev–Trinajstić information content (AvgIpc) is 3.21. The Balaban J connectivity index is 1.53. The van der Waals surface area contributed by atoms with Gasteiger partial charge in [-0.2, -0.15) is 0 Å². The van der Waals surface area contributed by atoms with Crippen LogP contribution < -0.4 is 5.32 Å². The molecule has 1 aliphatic carbocycles. The third kappa shape index (κ3) is 3.50. The molecule has 3 heterocycles. The zero-order valence-electron chi connectivity index (χ0n) is 14.0. The van der Waals surface area contributed by atoms with Gasteiger partial charge >= 0.3 is 0 Å². The minimum atomic E-state index is -0.133. The summed E-state index contributed by atoms with van der Waals surface area (Å²) in [5.74, 6) is -0.133. The molecule has 0 aromatic carbocycles. The van der Waals surface area contributed by atoms with Crippen LogP contribution in [0.5, 0.6) is 0 Å². The fourth-order valence-electron chi connectivity index (χ4n) is 3.11. The van der Waals surface area contributed by atoms with Crippen LogP contribution in [0.15, 0.2) is 29.6 Å². The van der Waals surface area contributed by atoms with Crippen molar-refractivity contribution in [2.24, 2.45) is 0 Å². The highest BCUT2D eigenvalue weighted by atomic mass is 32.1. The first-order chi connectivity index (χ1) is 12.2. The normalized spacial score (nSPS) is 14.0. The van der Waals surface area contributed by atoms with Crippen LogP contribution in [0.25, 0.3) is 10.6 Å². The van der Waals surface area contributed by atoms with Gasteiger partial charge in [0.15, 0.2) is 5.13 Å². The molecule has 0 spiro atoms. The van der Waals surface area contributed by atoms with Crippen molar-refractivity contribution in [3.05, 3.63) is 51.5 Å². The average molecular weight is 370 g/mol. The summed E-state index contributed by atoms with van der Waals surface area (Å²) < 4.78 is 0. The van der Waals surface area contributed by atoms with E-state index in [4.69, 9.17) is 0 Å². The van der Waals surface area contributed by atoms with Crippen molar-refractivity contribution >= 4 is 33.7 Å². The number of carbonyl (C=O) groups excluding carboxylic acids is 1. The van der Waals surface area contributed by atoms with Crippen LogP contribution in [-0.2, 0) is 12.8 Å². The maximum Gasteiger partial charge on any atom is 0.259 e. The molecule has 1 amide bonds. The second-order valence-corrected chi connectivity index (χ2v) is 8.24. The molecule has 0 aliphatic heterocycles. The summed E-state index contributed by atoms with van der Waals surface area (Å²) >= 11 is 3.26. The summed E-state index contributed by atoms with van der Waals surface area (Å²) in [4.78, 5) is 24.3. The highest BCUT2D eigenvalue weighted by Gasteiger charge is 2.17. The number of carbonyl (C=O) groups is 1. The second kappa shape index (κ2) is 7.06. The van der Waals surface area contributed by atoms with Crippen LogP contribution in [0.2, 0.25) is 0 Å². The van der Waals surface area contributed by atoms with Gasteiger partial charge in [0, 0.05) is 4.88 Å². The maximum atomic E-state index is 12.6. The lowest BCUT2D eigenvalue weighted by atomic mass is 10.1. The van der Waals surface area contributed by atoms with Crippen molar-refractivity contribution in [3.8, 4) is 10.6 Å². The van der Waals surface area contributed by atoms with Crippen molar-refractivity contribution < 1.29 is 4.79 Å². The van der Waals surface area contributed by atoms with Gasteiger partial charge in [0.2, 0.25) is 0 Å². The van der Waals surface area contributed by atoms with E-state index < -0.39 is 0 Å². The van der Waals surface area contributed by atoms with Gasteiger partial charge < -0.3 is 0 Å². The molecule has 25 heavy (non-hydrogen) atoms. The van der Waals surface area contributed by atoms with Gasteiger partial charge in [0.25, 0.3) is 5.91 Å². The molecule has 1 aliphatic rings. The number of thiophene rings is 1. The van der Waals surface area contributed by atoms with Gasteiger partial charge in [-0.15, -0.1) is 22.7 Å². The molecule has 0 saturated heterocycles. The van der Waals surface area contributed by atoms with Crippen LogP contribution in [0.3, 0.4) is 0 Å². The number of hydrogen-bond acceptors (Lipinski definition) is 5. The number of anilines is 1. The molecule has 0 saturated carbocycles. The van der Waals surface area contributed by atoms with Crippen molar-refractivity contribution in [2.45, 2.75) is 39.0 Å². The smallest absolute Gasteiger partial charge is 0.259 e. The monoisotopic (exact) mass is 369 g/mol. The molecule has 1 N–H and O–H groups in total. The molecule has 4 nitrogen and oxygen atoms in total. The standard InChI is InChI=1S/C19H19N3OS2/c1-12-13(9-10-15(20-12)16-8-5-11-24-16)18(23)22-19-21-14-6-3-2-4-7-17(14)25-19/h5,8-11H,2-4,6-7H2,1H3,(H,21,22,23). The van der Waals surface area contributed by atoms with Crippen LogP contribution in [0.1, 0.15) is 45.9 Å². The number of amides is 1. The van der Waals surface area contributed by atoms with E-state index in [9.17, 15) is 4.79 Å². The number of hydrogen-bond donors (Lipinski definition) is 1. The number of nitrogens with one attached hydrogen (secondary N) is 1. The van der Waals surface area contributed by atoms with Crippen molar-refractivity contribution in [3.63, 3.8) is 0 Å². The van der Waals surface area contributed by atoms with E-state index in [1.54, 1.807) is 22.7 Å². The van der Waals surface area contributed by atoms with Crippen molar-refractivity contribution in [2.75, 3.05) is 5.32 Å². The first-order valence-electron chi connectivity index (χ1n) is 8.52. The van der Waals surface area contributed by atoms with Gasteiger partial charge in [-0.05, 0) is 56.2 Å². The SMILES string of the molecule is Cc1nc(-c2cccs2)ccc1C(=O)Nc1nc2c(s1)CCCCC2. The van der Waals surface area contributed by atoms with Crippen molar-refractivity contribution in [1.29, 1.82) is 0 Å². The Hall–Kier alpha value is -2.05. The fraction of sp³-hybridized carbons (Fsp3) is 0.316. The Morgan fingerprint density at radius 1 is 1.12 bits per heavy atom. The lowest BCUT2D eigenvalue weighted by molar-refractivity contribution is 0.102. The Morgan fingerprint density at radius 2 is 2.00 bits per heavy atom. The lowest BCUT2D eigenvalue weighted by Crippen LogP contribution is -2.14. The van der Waals surface area contributed by atoms with Crippen molar-refractivity contribution in [1.82, 2.24) is 9.97 Å². The highest BCUT2D eigenvalue weighted by molar-refractivity contribution is 7.16. The van der Waals surface area contributed by atoms with E-state index in [-0.39, 0.29) is 5.91 Å². The number of aryl methyl sites for hydroxylation is 3. The largest absolute Gasteiger partial charge is 0.298 e. The van der Waals surface area contributed by atoms with Crippen LogP contribution in [0.4, 0.5) is 5.13 Å². The van der Waals surface area contributed by atoms with Crippen LogP contribution in [-0.4, -0.2) is 15.9 Å². The number of pyridine rings is 1. The van der Waals surface area contributed by atoms with E-state index in [0.717, 1.165) is 29.1 Å². The molecular formula is C19H19N3OS2. The van der Waals surface area contributed by atoms with Gasteiger partial charge in [0.1, 0.15) is 0 Å². The fourth-order valence-corrected chi connectivity index (χ4v) is 4.85. The Bertz CT molecular complexity index is 876. The van der Waals surface area contributed by atoms with Gasteiger partial charge in [-0.3, -0.25) is 15.1 Å². The molecule has 128 valence electrons. The first kappa shape index (κ1) is 16.4. The molecule has 4 rings (SSSR count). The van der Waals surface area contributed by atoms with E-state index in [1.165, 1.54) is 29.8 Å². The number of thiazole rings is 1. The molecule has 0 unspecified atom stereocenters. The molecule has 0 radical (unpaired) electrons. The maximum absolute atomic E-state index is 12.6. The molecule has 6 heteroatoms. The molecule has 0 bridgehead atoms. The number of aromatic nitrogens is 2. The van der Waals surface area contributed by atoms with E-state index in [1.807, 2.05) is 36.6 Å². The molecular weight excluding hydrogens is 350 g/mol. The lowest BCUT2D eigenvalue weighted by Gasteiger charge is -2.06. The number of fused-ring (bicyclic) bond motifs is 1. The van der Waals surface area contributed by atoms with Crippen LogP contribution in [0, 0.1) is 6.92 Å². The topological polar surface area (TPSA) is 54.9 Å². The Morgan fingerprint density at radius 3 is 2.80 bits per heavy atom. The highest BCUT2D eigenvalue weighted by Crippen LogP contribution is 2.29. The van der Waals surface area contributed by atoms with Crippen LogP contribution >= 0.6 is 22.7 Å². The quantitative estimate of drug-likeness (QED) is 0.654. The molecule has 0 fully saturated rings. The summed E-state index contributed by atoms with van der Waals surface area (Å²) in [7, 11) is 0. The third-order valence-corrected chi connectivity index (χ3v) is 6.39. The Labute approximate surface area is 155 Å². The predicted octanol–water partition coefficient (Wildman–Crippen LogP) is 5.10. The van der Waals surface area contributed by atoms with Gasteiger partial charge in [-0.25, -0.2) is 4.98 Å². The summed E-state index contributed by atoms with van der Waals surface area (Å²) in [5, 5.41) is 5.70. The minimum absolute atomic E-state index is 0.133.